The van der Waals surface area contributed by atoms with Crippen molar-refractivity contribution < 1.29 is 14.3 Å². The Balaban J connectivity index is 0.00000441. The molecule has 5 nitrogen and oxygen atoms in total. The van der Waals surface area contributed by atoms with Crippen LogP contribution >= 0.6 is 12.4 Å². The first-order valence-electron chi connectivity index (χ1n) is 6.91. The van der Waals surface area contributed by atoms with Gasteiger partial charge in [0.15, 0.2) is 11.5 Å². The van der Waals surface area contributed by atoms with Gasteiger partial charge in [0.05, 0.1) is 14.2 Å². The molecule has 0 radical (unpaired) electrons. The molecule has 0 aliphatic carbocycles. The van der Waals surface area contributed by atoms with Crippen LogP contribution in [0.3, 0.4) is 0 Å². The van der Waals surface area contributed by atoms with Crippen LogP contribution in [0.15, 0.2) is 24.8 Å². The number of rotatable bonds is 8. The van der Waals surface area contributed by atoms with E-state index < -0.39 is 0 Å². The number of hydrogen-bond donors (Lipinski definition) is 2. The summed E-state index contributed by atoms with van der Waals surface area (Å²) < 4.78 is 10.7. The molecule has 0 fully saturated rings. The standard InChI is InChI=1S/C16H24N2O3.ClH/c1-5-6-12-7-13(8-14(20-3)15(12)21-4)16(19)18-10-11(2)9-17;/h5,7-8,11H,1,6,9-10,17H2,2-4H3,(H,18,19);1H. The van der Waals surface area contributed by atoms with Gasteiger partial charge in [0.2, 0.25) is 0 Å². The van der Waals surface area contributed by atoms with Gasteiger partial charge in [0.25, 0.3) is 5.91 Å². The normalized spacial score (nSPS) is 11.1. The molecule has 1 amide bonds. The van der Waals surface area contributed by atoms with E-state index >= 15 is 0 Å². The molecule has 124 valence electrons. The largest absolute Gasteiger partial charge is 0.493 e. The second-order valence-corrected chi connectivity index (χ2v) is 4.91. The summed E-state index contributed by atoms with van der Waals surface area (Å²) in [5.41, 5.74) is 6.95. The van der Waals surface area contributed by atoms with Crippen molar-refractivity contribution in [2.45, 2.75) is 13.3 Å². The number of halogens is 1. The zero-order valence-corrected chi connectivity index (χ0v) is 14.2. The summed E-state index contributed by atoms with van der Waals surface area (Å²) in [6.45, 7) is 6.78. The van der Waals surface area contributed by atoms with Crippen molar-refractivity contribution in [2.75, 3.05) is 27.3 Å². The second-order valence-electron chi connectivity index (χ2n) is 4.91. The van der Waals surface area contributed by atoms with Gasteiger partial charge in [-0.15, -0.1) is 19.0 Å². The summed E-state index contributed by atoms with van der Waals surface area (Å²) in [5.74, 6) is 1.25. The molecular weight excluding hydrogens is 304 g/mol. The highest BCUT2D eigenvalue weighted by Crippen LogP contribution is 2.33. The average molecular weight is 329 g/mol. The molecule has 0 saturated carbocycles. The molecule has 22 heavy (non-hydrogen) atoms. The fourth-order valence-corrected chi connectivity index (χ4v) is 1.93. The smallest absolute Gasteiger partial charge is 0.251 e. The number of allylic oxidation sites excluding steroid dienone is 1. The first-order chi connectivity index (χ1) is 10.1. The molecule has 0 bridgehead atoms. The highest BCUT2D eigenvalue weighted by Gasteiger charge is 2.15. The van der Waals surface area contributed by atoms with E-state index in [9.17, 15) is 4.79 Å². The summed E-state index contributed by atoms with van der Waals surface area (Å²) in [4.78, 5) is 12.2. The van der Waals surface area contributed by atoms with Gasteiger partial charge in [0.1, 0.15) is 0 Å². The molecule has 0 aliphatic heterocycles. The van der Waals surface area contributed by atoms with Crippen molar-refractivity contribution in [1.82, 2.24) is 5.32 Å². The van der Waals surface area contributed by atoms with Crippen LogP contribution in [0.4, 0.5) is 0 Å². The van der Waals surface area contributed by atoms with Crippen molar-refractivity contribution in [3.8, 4) is 11.5 Å². The molecule has 6 heteroatoms. The first-order valence-corrected chi connectivity index (χ1v) is 6.91. The Morgan fingerprint density at radius 3 is 2.59 bits per heavy atom. The number of nitrogens with two attached hydrogens (primary N) is 1. The minimum atomic E-state index is -0.151. The maximum absolute atomic E-state index is 12.2. The maximum atomic E-state index is 12.2. The first kappa shape index (κ1) is 20.3. The number of nitrogens with one attached hydrogen (secondary N) is 1. The van der Waals surface area contributed by atoms with E-state index in [1.165, 1.54) is 0 Å². The lowest BCUT2D eigenvalue weighted by molar-refractivity contribution is 0.0948. The molecule has 0 saturated heterocycles. The van der Waals surface area contributed by atoms with Gasteiger partial charge < -0.3 is 20.5 Å². The van der Waals surface area contributed by atoms with Crippen molar-refractivity contribution in [2.24, 2.45) is 11.7 Å². The number of benzene rings is 1. The summed E-state index contributed by atoms with van der Waals surface area (Å²) in [5, 5.41) is 2.87. The van der Waals surface area contributed by atoms with Gasteiger partial charge in [-0.2, -0.15) is 0 Å². The van der Waals surface area contributed by atoms with Crippen LogP contribution in [0.2, 0.25) is 0 Å². The summed E-state index contributed by atoms with van der Waals surface area (Å²) in [6, 6.07) is 3.47. The van der Waals surface area contributed by atoms with Gasteiger partial charge in [-0.3, -0.25) is 4.79 Å². The van der Waals surface area contributed by atoms with Crippen LogP contribution in [0.1, 0.15) is 22.8 Å². The Labute approximate surface area is 138 Å². The summed E-state index contributed by atoms with van der Waals surface area (Å²) in [7, 11) is 3.13. The Bertz CT molecular complexity index is 506. The molecule has 1 aromatic rings. The Morgan fingerprint density at radius 1 is 1.41 bits per heavy atom. The zero-order chi connectivity index (χ0) is 15.8. The minimum Gasteiger partial charge on any atom is -0.493 e. The third-order valence-corrected chi connectivity index (χ3v) is 3.20. The second kappa shape index (κ2) is 10.1. The van der Waals surface area contributed by atoms with Crippen molar-refractivity contribution in [3.05, 3.63) is 35.9 Å². The Kier molecular flexibility index (Phi) is 9.29. The van der Waals surface area contributed by atoms with Gasteiger partial charge in [-0.25, -0.2) is 0 Å². The molecule has 1 unspecified atom stereocenters. The quantitative estimate of drug-likeness (QED) is 0.717. The number of amides is 1. The molecular formula is C16H25ClN2O3. The molecule has 0 aliphatic rings. The Morgan fingerprint density at radius 2 is 2.09 bits per heavy atom. The summed E-state index contributed by atoms with van der Waals surface area (Å²) >= 11 is 0. The minimum absolute atomic E-state index is 0. The van der Waals surface area contributed by atoms with Crippen molar-refractivity contribution in [3.63, 3.8) is 0 Å². The number of ether oxygens (including phenoxy) is 2. The van der Waals surface area contributed by atoms with E-state index in [1.54, 1.807) is 32.4 Å². The van der Waals surface area contributed by atoms with E-state index in [2.05, 4.69) is 11.9 Å². The van der Waals surface area contributed by atoms with Crippen LogP contribution in [-0.4, -0.2) is 33.2 Å². The number of carbonyl (C=O) groups excluding carboxylic acids is 1. The molecule has 3 N–H and O–H groups in total. The van der Waals surface area contributed by atoms with E-state index in [0.717, 1.165) is 5.56 Å². The molecule has 1 aromatic carbocycles. The fourth-order valence-electron chi connectivity index (χ4n) is 1.93. The number of methoxy groups -OCH3 is 2. The van der Waals surface area contributed by atoms with Crippen LogP contribution in [-0.2, 0) is 6.42 Å². The van der Waals surface area contributed by atoms with Crippen LogP contribution < -0.4 is 20.5 Å². The fraction of sp³-hybridized carbons (Fsp3) is 0.438. The monoisotopic (exact) mass is 328 g/mol. The van der Waals surface area contributed by atoms with E-state index in [0.29, 0.717) is 36.6 Å². The van der Waals surface area contributed by atoms with Gasteiger partial charge >= 0.3 is 0 Å². The lowest BCUT2D eigenvalue weighted by Crippen LogP contribution is -2.31. The highest BCUT2D eigenvalue weighted by atomic mass is 35.5. The van der Waals surface area contributed by atoms with Crippen LogP contribution in [0.5, 0.6) is 11.5 Å². The lowest BCUT2D eigenvalue weighted by atomic mass is 10.0. The predicted molar refractivity (Wildman–Crippen MR) is 91.2 cm³/mol. The Hall–Kier alpha value is -1.72. The molecule has 1 atom stereocenters. The molecule has 0 spiro atoms. The average Bonchev–Trinajstić information content (AvgIpc) is 2.51. The summed E-state index contributed by atoms with van der Waals surface area (Å²) in [6.07, 6.45) is 2.36. The van der Waals surface area contributed by atoms with Crippen LogP contribution in [0, 0.1) is 5.92 Å². The van der Waals surface area contributed by atoms with E-state index in [1.807, 2.05) is 6.92 Å². The maximum Gasteiger partial charge on any atom is 0.251 e. The van der Waals surface area contributed by atoms with E-state index in [-0.39, 0.29) is 24.2 Å². The zero-order valence-electron chi connectivity index (χ0n) is 13.3. The molecule has 1 rings (SSSR count). The van der Waals surface area contributed by atoms with Gasteiger partial charge in [0, 0.05) is 17.7 Å². The van der Waals surface area contributed by atoms with Crippen LogP contribution in [0.25, 0.3) is 0 Å². The molecule has 0 aromatic heterocycles. The lowest BCUT2D eigenvalue weighted by Gasteiger charge is -2.15. The number of carbonyl (C=O) groups is 1. The third kappa shape index (κ3) is 5.24. The topological polar surface area (TPSA) is 73.6 Å². The molecule has 0 heterocycles. The highest BCUT2D eigenvalue weighted by molar-refractivity contribution is 5.95. The van der Waals surface area contributed by atoms with Crippen molar-refractivity contribution in [1.29, 1.82) is 0 Å². The SMILES string of the molecule is C=CCc1cc(C(=O)NCC(C)CN)cc(OC)c1OC.Cl. The number of hydrogen-bond acceptors (Lipinski definition) is 4. The van der Waals surface area contributed by atoms with Gasteiger partial charge in [-0.1, -0.05) is 13.0 Å². The predicted octanol–water partition coefficient (Wildman–Crippen LogP) is 2.18. The van der Waals surface area contributed by atoms with Gasteiger partial charge in [-0.05, 0) is 31.0 Å². The van der Waals surface area contributed by atoms with E-state index in [4.69, 9.17) is 15.2 Å². The third-order valence-electron chi connectivity index (χ3n) is 3.20. The van der Waals surface area contributed by atoms with Crippen molar-refractivity contribution >= 4 is 18.3 Å².